The van der Waals surface area contributed by atoms with Gasteiger partial charge in [-0.15, -0.1) is 0 Å². The standard InChI is InChI=1S/C18H27N3O4S/c1-13-5-7-17(8-6-13)26(23,24)21-10-9-20(16(21)4)18(22)19-11-14(2)25-15(3)12-19/h5-8,14-16H,9-12H2,1-4H3/t14-,15+,16-/m0/s1. The number of benzene rings is 1. The van der Waals surface area contributed by atoms with Gasteiger partial charge in [-0.1, -0.05) is 17.7 Å². The molecule has 2 saturated heterocycles. The van der Waals surface area contributed by atoms with Crippen molar-refractivity contribution in [3.63, 3.8) is 0 Å². The van der Waals surface area contributed by atoms with Crippen molar-refractivity contribution < 1.29 is 17.9 Å². The second-order valence-electron chi connectivity index (χ2n) is 7.20. The molecule has 0 radical (unpaired) electrons. The van der Waals surface area contributed by atoms with Crippen LogP contribution >= 0.6 is 0 Å². The third-order valence-electron chi connectivity index (χ3n) is 4.99. The van der Waals surface area contributed by atoms with Gasteiger partial charge in [0.25, 0.3) is 0 Å². The van der Waals surface area contributed by atoms with Crippen LogP contribution in [-0.4, -0.2) is 73.1 Å². The topological polar surface area (TPSA) is 70.2 Å². The van der Waals surface area contributed by atoms with Crippen LogP contribution in [0.1, 0.15) is 26.3 Å². The quantitative estimate of drug-likeness (QED) is 0.784. The Labute approximate surface area is 155 Å². The summed E-state index contributed by atoms with van der Waals surface area (Å²) in [6.07, 6.45) is -0.553. The summed E-state index contributed by atoms with van der Waals surface area (Å²) in [5, 5.41) is 0. The third kappa shape index (κ3) is 3.58. The molecule has 3 atom stereocenters. The minimum Gasteiger partial charge on any atom is -0.372 e. The van der Waals surface area contributed by atoms with Crippen molar-refractivity contribution in [3.8, 4) is 0 Å². The fraction of sp³-hybridized carbons (Fsp3) is 0.611. The molecule has 2 amide bonds. The van der Waals surface area contributed by atoms with Crippen molar-refractivity contribution >= 4 is 16.1 Å². The highest BCUT2D eigenvalue weighted by molar-refractivity contribution is 7.89. The molecule has 0 N–H and O–H groups in total. The van der Waals surface area contributed by atoms with Gasteiger partial charge in [0.1, 0.15) is 0 Å². The normalized spacial score (nSPS) is 27.8. The van der Waals surface area contributed by atoms with Gasteiger partial charge >= 0.3 is 6.03 Å². The second kappa shape index (κ2) is 7.17. The molecule has 144 valence electrons. The fourth-order valence-corrected chi connectivity index (χ4v) is 5.26. The van der Waals surface area contributed by atoms with E-state index in [1.807, 2.05) is 20.8 Å². The lowest BCUT2D eigenvalue weighted by atomic mass is 10.2. The third-order valence-corrected chi connectivity index (χ3v) is 6.97. The predicted molar refractivity (Wildman–Crippen MR) is 98.2 cm³/mol. The van der Waals surface area contributed by atoms with Gasteiger partial charge in [0.2, 0.25) is 10.0 Å². The number of hydrogen-bond donors (Lipinski definition) is 0. The first kappa shape index (κ1) is 19.1. The molecular formula is C18H27N3O4S. The predicted octanol–water partition coefficient (Wildman–Crippen LogP) is 1.88. The number of rotatable bonds is 2. The molecule has 0 spiro atoms. The summed E-state index contributed by atoms with van der Waals surface area (Å²) in [6, 6.07) is 6.68. The van der Waals surface area contributed by atoms with Crippen LogP contribution in [0, 0.1) is 6.92 Å². The van der Waals surface area contributed by atoms with Crippen molar-refractivity contribution in [1.29, 1.82) is 0 Å². The summed E-state index contributed by atoms with van der Waals surface area (Å²) in [6.45, 7) is 9.32. The average Bonchev–Trinajstić information content (AvgIpc) is 2.96. The van der Waals surface area contributed by atoms with Crippen LogP contribution in [0.3, 0.4) is 0 Å². The van der Waals surface area contributed by atoms with E-state index in [9.17, 15) is 13.2 Å². The van der Waals surface area contributed by atoms with Crippen molar-refractivity contribution in [2.24, 2.45) is 0 Å². The van der Waals surface area contributed by atoms with E-state index in [-0.39, 0.29) is 23.1 Å². The Morgan fingerprint density at radius 2 is 1.62 bits per heavy atom. The number of carbonyl (C=O) groups is 1. The molecule has 2 heterocycles. The summed E-state index contributed by atoms with van der Waals surface area (Å²) in [4.78, 5) is 16.6. The molecule has 3 rings (SSSR count). The Morgan fingerprint density at radius 3 is 2.19 bits per heavy atom. The molecule has 0 saturated carbocycles. The van der Waals surface area contributed by atoms with Gasteiger partial charge in [0.05, 0.1) is 23.3 Å². The number of hydrogen-bond acceptors (Lipinski definition) is 4. The van der Waals surface area contributed by atoms with Crippen LogP contribution in [0.4, 0.5) is 4.79 Å². The Balaban J connectivity index is 1.76. The summed E-state index contributed by atoms with van der Waals surface area (Å²) < 4.78 is 33.0. The Bertz CT molecular complexity index is 755. The van der Waals surface area contributed by atoms with E-state index in [1.54, 1.807) is 41.0 Å². The first-order valence-electron chi connectivity index (χ1n) is 8.99. The van der Waals surface area contributed by atoms with Crippen LogP contribution in [-0.2, 0) is 14.8 Å². The molecule has 1 aromatic rings. The molecule has 26 heavy (non-hydrogen) atoms. The van der Waals surface area contributed by atoms with E-state index in [0.29, 0.717) is 26.2 Å². The minimum atomic E-state index is -3.63. The van der Waals surface area contributed by atoms with E-state index in [4.69, 9.17) is 4.74 Å². The lowest BCUT2D eigenvalue weighted by molar-refractivity contribution is -0.0588. The lowest BCUT2D eigenvalue weighted by Gasteiger charge is -2.38. The molecule has 0 unspecified atom stereocenters. The number of carbonyl (C=O) groups excluding carboxylic acids is 1. The maximum Gasteiger partial charge on any atom is 0.321 e. The molecule has 8 heteroatoms. The Morgan fingerprint density at radius 1 is 1.04 bits per heavy atom. The van der Waals surface area contributed by atoms with Crippen molar-refractivity contribution in [1.82, 2.24) is 14.1 Å². The molecular weight excluding hydrogens is 354 g/mol. The molecule has 2 aliphatic heterocycles. The van der Waals surface area contributed by atoms with Crippen LogP contribution < -0.4 is 0 Å². The molecule has 2 fully saturated rings. The summed E-state index contributed by atoms with van der Waals surface area (Å²) in [5.74, 6) is 0. The summed E-state index contributed by atoms with van der Waals surface area (Å²) in [5.41, 5.74) is 1.01. The lowest BCUT2D eigenvalue weighted by Crippen LogP contribution is -2.54. The zero-order chi connectivity index (χ0) is 19.1. The zero-order valence-electron chi connectivity index (χ0n) is 15.8. The average molecular weight is 381 g/mol. The van der Waals surface area contributed by atoms with Gasteiger partial charge in [-0.25, -0.2) is 13.2 Å². The number of aryl methyl sites for hydroxylation is 1. The number of amides is 2. The monoisotopic (exact) mass is 381 g/mol. The number of sulfonamides is 1. The smallest absolute Gasteiger partial charge is 0.321 e. The summed E-state index contributed by atoms with van der Waals surface area (Å²) >= 11 is 0. The maximum absolute atomic E-state index is 13.0. The Kier molecular flexibility index (Phi) is 5.28. The van der Waals surface area contributed by atoms with E-state index in [2.05, 4.69) is 0 Å². The first-order chi connectivity index (χ1) is 12.2. The molecule has 1 aromatic carbocycles. The highest BCUT2D eigenvalue weighted by atomic mass is 32.2. The van der Waals surface area contributed by atoms with Gasteiger partial charge in [-0.2, -0.15) is 4.31 Å². The minimum absolute atomic E-state index is 0.0204. The number of nitrogens with zero attached hydrogens (tertiary/aromatic N) is 3. The molecule has 0 aromatic heterocycles. The fourth-order valence-electron chi connectivity index (χ4n) is 3.67. The maximum atomic E-state index is 13.0. The van der Waals surface area contributed by atoms with Crippen LogP contribution in [0.2, 0.25) is 0 Å². The highest BCUT2D eigenvalue weighted by Gasteiger charge is 2.41. The van der Waals surface area contributed by atoms with E-state index < -0.39 is 16.2 Å². The zero-order valence-corrected chi connectivity index (χ0v) is 16.6. The van der Waals surface area contributed by atoms with Crippen LogP contribution in [0.25, 0.3) is 0 Å². The summed E-state index contributed by atoms with van der Waals surface area (Å²) in [7, 11) is -3.63. The Hall–Kier alpha value is -1.64. The van der Waals surface area contributed by atoms with Crippen LogP contribution in [0.15, 0.2) is 29.2 Å². The molecule has 7 nitrogen and oxygen atoms in total. The molecule has 2 aliphatic rings. The van der Waals surface area contributed by atoms with Crippen molar-refractivity contribution in [2.75, 3.05) is 26.2 Å². The van der Waals surface area contributed by atoms with Crippen molar-refractivity contribution in [3.05, 3.63) is 29.8 Å². The van der Waals surface area contributed by atoms with Crippen LogP contribution in [0.5, 0.6) is 0 Å². The molecule has 0 bridgehead atoms. The van der Waals surface area contributed by atoms with Gasteiger partial charge < -0.3 is 14.5 Å². The van der Waals surface area contributed by atoms with E-state index in [1.165, 1.54) is 4.31 Å². The van der Waals surface area contributed by atoms with Gasteiger partial charge in [-0.05, 0) is 39.8 Å². The number of ether oxygens (including phenoxy) is 1. The SMILES string of the molecule is Cc1ccc(S(=O)(=O)N2CCN(C(=O)N3C[C@@H](C)O[C@@H](C)C3)[C@@H]2C)cc1. The van der Waals surface area contributed by atoms with E-state index in [0.717, 1.165) is 5.56 Å². The number of morpholine rings is 1. The first-order valence-corrected chi connectivity index (χ1v) is 10.4. The molecule has 0 aliphatic carbocycles. The number of urea groups is 1. The van der Waals surface area contributed by atoms with Crippen molar-refractivity contribution in [2.45, 2.75) is 51.0 Å². The van der Waals surface area contributed by atoms with E-state index >= 15 is 0 Å². The van der Waals surface area contributed by atoms with Gasteiger partial charge in [-0.3, -0.25) is 0 Å². The van der Waals surface area contributed by atoms with Gasteiger partial charge in [0.15, 0.2) is 0 Å². The van der Waals surface area contributed by atoms with Gasteiger partial charge in [0, 0.05) is 26.2 Å². The largest absolute Gasteiger partial charge is 0.372 e. The second-order valence-corrected chi connectivity index (χ2v) is 9.09. The highest BCUT2D eigenvalue weighted by Crippen LogP contribution is 2.26.